The maximum Gasteiger partial charge on any atom is 0.217 e. The minimum atomic E-state index is -2.58. The van der Waals surface area contributed by atoms with E-state index in [1.807, 2.05) is 0 Å². The second kappa shape index (κ2) is 37.9. The van der Waals surface area contributed by atoms with Crippen LogP contribution in [0.25, 0.3) is 0 Å². The van der Waals surface area contributed by atoms with Gasteiger partial charge in [0.1, 0.15) is 220 Å². The van der Waals surface area contributed by atoms with E-state index in [0.29, 0.717) is 0 Å². The summed E-state index contributed by atoms with van der Waals surface area (Å²) in [6.45, 7) is -7.74. The van der Waals surface area contributed by atoms with Crippen LogP contribution in [0.15, 0.2) is 0 Å². The Kier molecular flexibility index (Phi) is 31.1. The Labute approximate surface area is 598 Å². The number of carbonyl (C=O) groups is 2. The van der Waals surface area contributed by atoms with Gasteiger partial charge in [-0.15, -0.1) is 0 Å². The topological polar surface area (TPSA) is 761 Å². The summed E-state index contributed by atoms with van der Waals surface area (Å²) in [7, 11) is 0. The standard InChI is InChI=1S/C58H98N2O46/c1-12(68)59-23-32(77)44(19(8-66)92-50(23)89)101-51-24(60-13(2)69)33(78)45(20(9-67)98-51)102-56-43(88)47(104-57-49(38(83)29(74)17(6-64)96-57)106-58-48(37(82)28(73)18(7-65)97-58)105-55-41(86)36(81)27(72)16(5-63)95-55)31(76)22(100-56)11-91-53-42(87)46(103-54-40(85)35(80)26(71)15(4-62)94-54)30(75)21(99-53)10-90-52-39(84)34(79)25(70)14(3-61)93-52/h14-58,61-67,70-89H,3-11H2,1-2H3,(H,59,68)(H,60,69)/t14-,15-,16-,17-,18-,19-,20-,21-,22-,23-,24-,25-,26-,27-,28-,29-,30-,31-,32-,33-,34+,35+,36+,37+,38+,39+,40+,41+,42+,43+,44-,45-,46+,47+,48+,49+,50?,51?,52?,53?,54?,55?,56?,57?,58?/m1/s1. The number of nitrogens with one attached hydrogen (secondary N) is 2. The lowest BCUT2D eigenvalue weighted by Gasteiger charge is -2.51. The van der Waals surface area contributed by atoms with E-state index in [9.17, 15) is 147 Å². The van der Waals surface area contributed by atoms with Crippen LogP contribution in [0.4, 0.5) is 0 Å². The largest absolute Gasteiger partial charge is 0.394 e. The van der Waals surface area contributed by atoms with E-state index in [0.717, 1.165) is 13.8 Å². The SMILES string of the molecule is CC(=O)N[C@H]1C(O)O[C@H](CO)[C@@H](OC2O[C@H](CO)[C@@H](OC3O[C@H](COC4O[C@H](COC5O[C@H](CO)[C@@H](O)[C@H](O)[C@@H]5O)[C@@H](O)[C@H](OC5O[C@H](CO)[C@@H](O)[C@H](O)[C@@H]5O)[C@@H]4O)[C@@H](O)[C@H](OC4O[C@H](CO)[C@@H](O)[C@H](O)[C@@H]4OC4O[C@H](CO)[C@@H](O)[C@H](O)[C@@H]4OC4O[C@H](CO)[C@@H](O)[C@H](O)[C@@H]4O)[C@@H]3O)[C@H](O)[C@H]2NC(C)=O)[C@@H]1O. The molecule has 2 amide bonds. The molecule has 0 aliphatic carbocycles. The molecule has 9 fully saturated rings. The number of ether oxygens (including phenoxy) is 17. The molecule has 0 saturated carbocycles. The highest BCUT2D eigenvalue weighted by atomic mass is 16.8. The molecule has 0 spiro atoms. The van der Waals surface area contributed by atoms with Crippen LogP contribution in [-0.4, -0.2) is 485 Å². The zero-order valence-corrected chi connectivity index (χ0v) is 56.2. The Morgan fingerprint density at radius 2 is 0.509 bits per heavy atom. The Morgan fingerprint density at radius 1 is 0.245 bits per heavy atom. The lowest BCUT2D eigenvalue weighted by Crippen LogP contribution is -2.70. The number of carbonyl (C=O) groups excluding carboxylic acids is 2. The first-order valence-corrected chi connectivity index (χ1v) is 33.7. The van der Waals surface area contributed by atoms with Crippen molar-refractivity contribution in [1.29, 1.82) is 0 Å². The lowest BCUT2D eigenvalue weighted by atomic mass is 9.94. The van der Waals surface area contributed by atoms with E-state index in [4.69, 9.17) is 80.5 Å². The van der Waals surface area contributed by atoms with E-state index in [1.165, 1.54) is 0 Å². The minimum Gasteiger partial charge on any atom is -0.394 e. The maximum absolute atomic E-state index is 12.9. The third kappa shape index (κ3) is 18.7. The highest BCUT2D eigenvalue weighted by Gasteiger charge is 2.60. The number of hydrogen-bond acceptors (Lipinski definition) is 46. The number of amides is 2. The molecule has 48 nitrogen and oxygen atoms in total. The molecule has 9 saturated heterocycles. The molecule has 0 aromatic heterocycles. The van der Waals surface area contributed by atoms with Gasteiger partial charge in [0.25, 0.3) is 0 Å². The number of hydrogen-bond donors (Lipinski definition) is 29. The predicted octanol–water partition coefficient (Wildman–Crippen LogP) is -20.3. The summed E-state index contributed by atoms with van der Waals surface area (Å²) < 4.78 is 98.9. The molecule has 0 aromatic rings. The van der Waals surface area contributed by atoms with Crippen molar-refractivity contribution in [3.63, 3.8) is 0 Å². The molecule has 9 aliphatic heterocycles. The average Bonchev–Trinajstić information content (AvgIpc) is 0.772. The van der Waals surface area contributed by atoms with Crippen LogP contribution in [0, 0.1) is 0 Å². The van der Waals surface area contributed by atoms with Crippen molar-refractivity contribution >= 4 is 11.8 Å². The van der Waals surface area contributed by atoms with Crippen molar-refractivity contribution in [3.8, 4) is 0 Å². The van der Waals surface area contributed by atoms with Crippen molar-refractivity contribution < 1.29 is 228 Å². The molecule has 9 rings (SSSR count). The molecule has 0 bridgehead atoms. The van der Waals surface area contributed by atoms with Crippen LogP contribution in [0.5, 0.6) is 0 Å². The summed E-state index contributed by atoms with van der Waals surface area (Å²) in [6.07, 6.45) is -90.8. The van der Waals surface area contributed by atoms with Crippen LogP contribution in [0.1, 0.15) is 13.8 Å². The van der Waals surface area contributed by atoms with Crippen LogP contribution < -0.4 is 10.6 Å². The molecular weight excluding hydrogens is 1460 g/mol. The van der Waals surface area contributed by atoms with Gasteiger partial charge < -0.3 is 229 Å². The Hall–Kier alpha value is -2.82. The van der Waals surface area contributed by atoms with Gasteiger partial charge in [-0.2, -0.15) is 0 Å². The van der Waals surface area contributed by atoms with Gasteiger partial charge in [-0.25, -0.2) is 0 Å². The third-order valence-electron chi connectivity index (χ3n) is 19.5. The summed E-state index contributed by atoms with van der Waals surface area (Å²) in [6, 6.07) is -3.57. The molecule has 29 N–H and O–H groups in total. The first kappa shape index (κ1) is 87.2. The van der Waals surface area contributed by atoms with Gasteiger partial charge in [-0.3, -0.25) is 9.59 Å². The summed E-state index contributed by atoms with van der Waals surface area (Å²) in [5.41, 5.74) is 0. The Morgan fingerprint density at radius 3 is 0.925 bits per heavy atom. The molecule has 9 heterocycles. The van der Waals surface area contributed by atoms with Crippen LogP contribution in [-0.2, 0) is 90.1 Å². The van der Waals surface area contributed by atoms with Gasteiger partial charge in [0.05, 0.1) is 59.5 Å². The number of rotatable bonds is 27. The van der Waals surface area contributed by atoms with Crippen molar-refractivity contribution in [2.24, 2.45) is 0 Å². The Bertz CT molecular complexity index is 2710. The quantitative estimate of drug-likeness (QED) is 0.0363. The van der Waals surface area contributed by atoms with E-state index in [1.54, 1.807) is 0 Å². The molecular formula is C58H98N2O46. The van der Waals surface area contributed by atoms with Crippen LogP contribution in [0.2, 0.25) is 0 Å². The summed E-state index contributed by atoms with van der Waals surface area (Å²) in [5.74, 6) is -1.73. The summed E-state index contributed by atoms with van der Waals surface area (Å²) in [5, 5.41) is 301. The number of aliphatic hydroxyl groups excluding tert-OH is 27. The second-order valence-electron chi connectivity index (χ2n) is 26.7. The van der Waals surface area contributed by atoms with Crippen LogP contribution >= 0.6 is 0 Å². The molecule has 9 unspecified atom stereocenters. The Balaban J connectivity index is 1.06. The molecule has 45 atom stereocenters. The monoisotopic (exact) mass is 1560 g/mol. The lowest BCUT2D eigenvalue weighted by molar-refractivity contribution is -0.408. The van der Waals surface area contributed by atoms with Crippen molar-refractivity contribution in [2.45, 2.75) is 290 Å². The molecule has 48 heteroatoms. The second-order valence-corrected chi connectivity index (χ2v) is 26.7. The van der Waals surface area contributed by atoms with Crippen molar-refractivity contribution in [2.75, 3.05) is 59.5 Å². The smallest absolute Gasteiger partial charge is 0.217 e. The van der Waals surface area contributed by atoms with Gasteiger partial charge >= 0.3 is 0 Å². The van der Waals surface area contributed by atoms with Gasteiger partial charge in [0.15, 0.2) is 56.6 Å². The molecule has 0 radical (unpaired) electrons. The maximum atomic E-state index is 12.9. The third-order valence-corrected chi connectivity index (χ3v) is 19.5. The summed E-state index contributed by atoms with van der Waals surface area (Å²) in [4.78, 5) is 25.1. The fourth-order valence-electron chi connectivity index (χ4n) is 13.5. The fourth-order valence-corrected chi connectivity index (χ4v) is 13.5. The number of aliphatic hydroxyl groups is 27. The van der Waals surface area contributed by atoms with E-state index >= 15 is 0 Å². The van der Waals surface area contributed by atoms with Gasteiger partial charge in [-0.05, 0) is 0 Å². The first-order chi connectivity index (χ1) is 50.2. The minimum absolute atomic E-state index is 0.788. The zero-order valence-electron chi connectivity index (χ0n) is 56.2. The molecule has 106 heavy (non-hydrogen) atoms. The van der Waals surface area contributed by atoms with Gasteiger partial charge in [0, 0.05) is 13.8 Å². The highest BCUT2D eigenvalue weighted by molar-refractivity contribution is 5.73. The highest BCUT2D eigenvalue weighted by Crippen LogP contribution is 2.40. The van der Waals surface area contributed by atoms with E-state index in [-0.39, 0.29) is 0 Å². The van der Waals surface area contributed by atoms with Crippen LogP contribution in [0.3, 0.4) is 0 Å². The predicted molar refractivity (Wildman–Crippen MR) is 320 cm³/mol. The average molecular weight is 1560 g/mol. The van der Waals surface area contributed by atoms with E-state index in [2.05, 4.69) is 10.6 Å². The van der Waals surface area contributed by atoms with Crippen molar-refractivity contribution in [1.82, 2.24) is 10.6 Å². The first-order valence-electron chi connectivity index (χ1n) is 33.7. The molecule has 9 aliphatic rings. The van der Waals surface area contributed by atoms with E-state index < -0.39 is 348 Å². The summed E-state index contributed by atoms with van der Waals surface area (Å²) >= 11 is 0. The van der Waals surface area contributed by atoms with Gasteiger partial charge in [0.2, 0.25) is 11.8 Å². The fraction of sp³-hybridized carbons (Fsp3) is 0.966. The zero-order chi connectivity index (χ0) is 77.9. The van der Waals surface area contributed by atoms with Gasteiger partial charge in [-0.1, -0.05) is 0 Å². The molecule has 0 aromatic carbocycles. The van der Waals surface area contributed by atoms with Crippen molar-refractivity contribution in [3.05, 3.63) is 0 Å². The normalized spacial score (nSPS) is 51.2. The molecule has 616 valence electrons.